The molecule has 0 aliphatic rings. The van der Waals surface area contributed by atoms with Crippen LogP contribution in [0.4, 0.5) is 4.39 Å². The molecule has 4 heteroatoms. The summed E-state index contributed by atoms with van der Waals surface area (Å²) in [5.41, 5.74) is 1.03. The Hall–Kier alpha value is -1.16. The van der Waals surface area contributed by atoms with Crippen molar-refractivity contribution >= 4 is 28.0 Å². The molecule has 0 atom stereocenters. The molecule has 1 aromatic carbocycles. The third-order valence-electron chi connectivity index (χ3n) is 1.99. The number of allylic oxidation sites excluding steroid dienone is 1. The average Bonchev–Trinajstić information content (AvgIpc) is 2.22. The summed E-state index contributed by atoms with van der Waals surface area (Å²) in [7, 11) is 0. The van der Waals surface area contributed by atoms with Gasteiger partial charge in [-0.05, 0) is 24.1 Å². The van der Waals surface area contributed by atoms with Crippen LogP contribution < -0.4 is 0 Å². The number of carbonyl (C=O) groups is 1. The molecule has 2 nitrogen and oxygen atoms in total. The maximum Gasteiger partial charge on any atom is 0.307 e. The van der Waals surface area contributed by atoms with Crippen molar-refractivity contribution < 1.29 is 14.3 Å². The van der Waals surface area contributed by atoms with Gasteiger partial charge in [0.2, 0.25) is 0 Å². The molecule has 1 aromatic rings. The normalized spacial score (nSPS) is 10.9. The summed E-state index contributed by atoms with van der Waals surface area (Å²) in [6.07, 6.45) is 4.24. The fraction of sp³-hybridized carbons (Fsp3) is 0.250. The van der Waals surface area contributed by atoms with Gasteiger partial charge in [-0.25, -0.2) is 4.39 Å². The molecule has 0 bridgehead atoms. The van der Waals surface area contributed by atoms with E-state index >= 15 is 0 Å². The molecule has 0 aliphatic heterocycles. The van der Waals surface area contributed by atoms with Gasteiger partial charge in [0.15, 0.2) is 0 Å². The summed E-state index contributed by atoms with van der Waals surface area (Å²) in [6, 6.07) is 4.35. The fourth-order valence-corrected chi connectivity index (χ4v) is 1.54. The molecular weight excluding hydrogens is 275 g/mol. The minimum atomic E-state index is -0.915. The van der Waals surface area contributed by atoms with Crippen molar-refractivity contribution in [2.24, 2.45) is 0 Å². The van der Waals surface area contributed by atoms with E-state index in [4.69, 9.17) is 5.11 Å². The largest absolute Gasteiger partial charge is 0.481 e. The smallest absolute Gasteiger partial charge is 0.307 e. The molecule has 16 heavy (non-hydrogen) atoms. The lowest BCUT2D eigenvalue weighted by molar-refractivity contribution is -0.136. The fourth-order valence-electron chi connectivity index (χ4n) is 1.28. The number of hydrogen-bond donors (Lipinski definition) is 1. The van der Waals surface area contributed by atoms with Crippen LogP contribution in [0.15, 0.2) is 24.3 Å². The number of hydrogen-bond acceptors (Lipinski definition) is 1. The van der Waals surface area contributed by atoms with Gasteiger partial charge in [-0.1, -0.05) is 34.1 Å². The summed E-state index contributed by atoms with van der Waals surface area (Å²) in [5.74, 6) is -1.25. The Balaban J connectivity index is 2.85. The summed E-state index contributed by atoms with van der Waals surface area (Å²) in [5, 5.41) is 9.44. The van der Waals surface area contributed by atoms with E-state index in [1.165, 1.54) is 12.1 Å². The zero-order valence-corrected chi connectivity index (χ0v) is 10.2. The van der Waals surface area contributed by atoms with Gasteiger partial charge in [-0.3, -0.25) is 4.79 Å². The molecule has 0 unspecified atom stereocenters. The number of carboxylic acids is 1. The maximum absolute atomic E-state index is 13.3. The molecule has 0 saturated carbocycles. The van der Waals surface area contributed by atoms with Gasteiger partial charge < -0.3 is 5.11 Å². The summed E-state index contributed by atoms with van der Waals surface area (Å²) >= 11 is 3.27. The van der Waals surface area contributed by atoms with Crippen molar-refractivity contribution in [2.45, 2.75) is 12.8 Å². The van der Waals surface area contributed by atoms with Crippen LogP contribution in [0.25, 0.3) is 6.08 Å². The van der Waals surface area contributed by atoms with Gasteiger partial charge in [-0.2, -0.15) is 0 Å². The molecule has 1 rings (SSSR count). The van der Waals surface area contributed by atoms with E-state index in [-0.39, 0.29) is 12.2 Å². The first-order valence-corrected chi connectivity index (χ1v) is 5.98. The molecule has 0 radical (unpaired) electrons. The number of benzene rings is 1. The Morgan fingerprint density at radius 1 is 1.50 bits per heavy atom. The lowest BCUT2D eigenvalue weighted by Gasteiger charge is -2.01. The van der Waals surface area contributed by atoms with Gasteiger partial charge in [0.1, 0.15) is 5.82 Å². The Labute approximate surface area is 102 Å². The number of halogens is 2. The van der Waals surface area contributed by atoms with E-state index in [1.807, 2.05) is 6.08 Å². The van der Waals surface area contributed by atoms with Crippen molar-refractivity contribution in [1.82, 2.24) is 0 Å². The van der Waals surface area contributed by atoms with Gasteiger partial charge in [0.05, 0.1) is 6.42 Å². The number of rotatable bonds is 5. The lowest BCUT2D eigenvalue weighted by Crippen LogP contribution is -2.00. The van der Waals surface area contributed by atoms with Gasteiger partial charge >= 0.3 is 5.97 Å². The number of aliphatic carboxylic acids is 1. The van der Waals surface area contributed by atoms with Crippen LogP contribution >= 0.6 is 15.9 Å². The van der Waals surface area contributed by atoms with Crippen molar-refractivity contribution in [1.29, 1.82) is 0 Å². The van der Waals surface area contributed by atoms with Crippen molar-refractivity contribution in [3.05, 3.63) is 41.2 Å². The predicted molar refractivity (Wildman–Crippen MR) is 65.2 cm³/mol. The van der Waals surface area contributed by atoms with Crippen molar-refractivity contribution in [2.75, 3.05) is 5.33 Å². The van der Waals surface area contributed by atoms with Crippen LogP contribution in [0.3, 0.4) is 0 Å². The van der Waals surface area contributed by atoms with Crippen LogP contribution in [0.5, 0.6) is 0 Å². The van der Waals surface area contributed by atoms with Gasteiger partial charge in [-0.15, -0.1) is 0 Å². The summed E-state index contributed by atoms with van der Waals surface area (Å²) < 4.78 is 13.3. The standard InChI is InChI=1S/C12H12BrFO2/c13-6-2-1-3-10-7-9(8-12(15)16)4-5-11(10)14/h1,3-5,7H,2,6,8H2,(H,15,16). The van der Waals surface area contributed by atoms with E-state index in [2.05, 4.69) is 15.9 Å². The van der Waals surface area contributed by atoms with Gasteiger partial charge in [0.25, 0.3) is 0 Å². The first-order valence-electron chi connectivity index (χ1n) is 4.86. The Bertz CT molecular complexity index is 402. The third-order valence-corrected chi connectivity index (χ3v) is 2.45. The molecule has 0 aliphatic carbocycles. The zero-order valence-electron chi connectivity index (χ0n) is 8.62. The minimum Gasteiger partial charge on any atom is -0.481 e. The second-order valence-electron chi connectivity index (χ2n) is 3.31. The average molecular weight is 287 g/mol. The Morgan fingerprint density at radius 2 is 2.25 bits per heavy atom. The highest BCUT2D eigenvalue weighted by atomic mass is 79.9. The van der Waals surface area contributed by atoms with Crippen molar-refractivity contribution in [3.8, 4) is 0 Å². The molecule has 0 heterocycles. The number of alkyl halides is 1. The minimum absolute atomic E-state index is 0.0838. The highest BCUT2D eigenvalue weighted by Gasteiger charge is 2.04. The molecular formula is C12H12BrFO2. The molecule has 0 fully saturated rings. The molecule has 1 N–H and O–H groups in total. The first kappa shape index (κ1) is 12.9. The molecule has 0 spiro atoms. The topological polar surface area (TPSA) is 37.3 Å². The van der Waals surface area contributed by atoms with E-state index in [0.29, 0.717) is 11.1 Å². The first-order chi connectivity index (χ1) is 7.63. The lowest BCUT2D eigenvalue weighted by atomic mass is 10.1. The van der Waals surface area contributed by atoms with Crippen LogP contribution in [0.2, 0.25) is 0 Å². The SMILES string of the molecule is O=C(O)Cc1ccc(F)c(C=CCCBr)c1. The summed E-state index contributed by atoms with van der Waals surface area (Å²) in [4.78, 5) is 10.5. The Morgan fingerprint density at radius 3 is 2.88 bits per heavy atom. The molecule has 86 valence electrons. The quantitative estimate of drug-likeness (QED) is 0.844. The highest BCUT2D eigenvalue weighted by Crippen LogP contribution is 2.13. The summed E-state index contributed by atoms with van der Waals surface area (Å²) in [6.45, 7) is 0. The van der Waals surface area contributed by atoms with E-state index < -0.39 is 5.97 Å². The van der Waals surface area contributed by atoms with Crippen molar-refractivity contribution in [3.63, 3.8) is 0 Å². The molecule has 0 saturated heterocycles. The monoisotopic (exact) mass is 286 g/mol. The van der Waals surface area contributed by atoms with Gasteiger partial charge in [0, 0.05) is 10.9 Å². The molecule has 0 aromatic heterocycles. The van der Waals surface area contributed by atoms with Crippen LogP contribution in [-0.2, 0) is 11.2 Å². The van der Waals surface area contributed by atoms with E-state index in [1.54, 1.807) is 12.1 Å². The highest BCUT2D eigenvalue weighted by molar-refractivity contribution is 9.09. The second kappa shape index (κ2) is 6.43. The third kappa shape index (κ3) is 4.14. The zero-order chi connectivity index (χ0) is 12.0. The maximum atomic E-state index is 13.3. The van der Waals surface area contributed by atoms with Crippen LogP contribution in [0, 0.1) is 5.82 Å². The molecule has 0 amide bonds. The predicted octanol–water partition coefficient (Wildman–Crippen LogP) is 3.25. The van der Waals surface area contributed by atoms with E-state index in [9.17, 15) is 9.18 Å². The Kier molecular flexibility index (Phi) is 5.19. The van der Waals surface area contributed by atoms with Crippen LogP contribution in [-0.4, -0.2) is 16.4 Å². The van der Waals surface area contributed by atoms with E-state index in [0.717, 1.165) is 11.8 Å². The van der Waals surface area contributed by atoms with Crippen LogP contribution in [0.1, 0.15) is 17.5 Å². The number of carboxylic acid groups (broad SMARTS) is 1. The second-order valence-corrected chi connectivity index (χ2v) is 4.10.